The molecule has 0 radical (unpaired) electrons. The predicted octanol–water partition coefficient (Wildman–Crippen LogP) is 5.72. The molecular formula is C15H12BrClF2. The van der Waals surface area contributed by atoms with Gasteiger partial charge in [-0.3, -0.25) is 0 Å². The van der Waals surface area contributed by atoms with Crippen molar-refractivity contribution in [2.75, 3.05) is 0 Å². The van der Waals surface area contributed by atoms with Crippen LogP contribution in [0.25, 0.3) is 0 Å². The molecule has 1 atom stereocenters. The van der Waals surface area contributed by atoms with Gasteiger partial charge in [0, 0.05) is 16.7 Å². The molecule has 0 nitrogen and oxygen atoms in total. The second kappa shape index (κ2) is 5.59. The highest BCUT2D eigenvalue weighted by Crippen LogP contribution is 2.36. The van der Waals surface area contributed by atoms with Crippen molar-refractivity contribution in [3.05, 3.63) is 69.2 Å². The molecule has 0 aromatic heterocycles. The van der Waals surface area contributed by atoms with Gasteiger partial charge in [-0.15, -0.1) is 0 Å². The number of rotatable bonds is 2. The summed E-state index contributed by atoms with van der Waals surface area (Å²) >= 11 is 9.44. The van der Waals surface area contributed by atoms with E-state index >= 15 is 0 Å². The first-order valence-electron chi connectivity index (χ1n) is 5.76. The van der Waals surface area contributed by atoms with Gasteiger partial charge in [0.15, 0.2) is 0 Å². The molecule has 0 heterocycles. The Morgan fingerprint density at radius 1 is 0.947 bits per heavy atom. The maximum Gasteiger partial charge on any atom is 0.130 e. The Labute approximate surface area is 124 Å². The largest absolute Gasteiger partial charge is 0.207 e. The molecule has 19 heavy (non-hydrogen) atoms. The maximum absolute atomic E-state index is 13.9. The molecule has 0 saturated heterocycles. The fourth-order valence-corrected chi connectivity index (χ4v) is 2.95. The minimum atomic E-state index is -0.565. The van der Waals surface area contributed by atoms with Crippen molar-refractivity contribution in [1.82, 2.24) is 0 Å². The zero-order chi connectivity index (χ0) is 14.2. The van der Waals surface area contributed by atoms with E-state index in [1.165, 1.54) is 6.07 Å². The van der Waals surface area contributed by atoms with Gasteiger partial charge < -0.3 is 0 Å². The molecule has 2 aromatic rings. The molecule has 0 aliphatic heterocycles. The summed E-state index contributed by atoms with van der Waals surface area (Å²) < 4.78 is 27.2. The maximum atomic E-state index is 13.9. The standard InChI is InChI=1S/C15H12BrClF2/c1-8-3-4-10(17)6-11(8)15(16)12-5-9(2)13(18)7-14(12)19/h3-7,15H,1-2H3. The smallest absolute Gasteiger partial charge is 0.130 e. The van der Waals surface area contributed by atoms with E-state index < -0.39 is 11.6 Å². The molecule has 0 bridgehead atoms. The molecule has 0 spiro atoms. The van der Waals surface area contributed by atoms with Crippen LogP contribution in [0.2, 0.25) is 5.02 Å². The number of benzene rings is 2. The lowest BCUT2D eigenvalue weighted by Gasteiger charge is -2.15. The SMILES string of the molecule is Cc1cc(C(Br)c2cc(Cl)ccc2C)c(F)cc1F. The first-order valence-corrected chi connectivity index (χ1v) is 7.05. The highest BCUT2D eigenvalue weighted by atomic mass is 79.9. The Hall–Kier alpha value is -0.930. The van der Waals surface area contributed by atoms with Crippen LogP contribution in [0.15, 0.2) is 30.3 Å². The van der Waals surface area contributed by atoms with Crippen molar-refractivity contribution in [3.8, 4) is 0 Å². The lowest BCUT2D eigenvalue weighted by molar-refractivity contribution is 0.569. The van der Waals surface area contributed by atoms with E-state index in [4.69, 9.17) is 11.6 Å². The second-order valence-electron chi connectivity index (χ2n) is 4.49. The summed E-state index contributed by atoms with van der Waals surface area (Å²) in [4.78, 5) is -0.356. The molecular weight excluding hydrogens is 334 g/mol. The van der Waals surface area contributed by atoms with Crippen LogP contribution >= 0.6 is 27.5 Å². The van der Waals surface area contributed by atoms with Crippen LogP contribution in [0.3, 0.4) is 0 Å². The molecule has 0 aliphatic carbocycles. The van der Waals surface area contributed by atoms with Crippen LogP contribution < -0.4 is 0 Å². The summed E-state index contributed by atoms with van der Waals surface area (Å²) in [6, 6.07) is 7.88. The van der Waals surface area contributed by atoms with Crippen LogP contribution in [0.1, 0.15) is 27.1 Å². The summed E-state index contributed by atoms with van der Waals surface area (Å²) in [6.07, 6.45) is 0. The van der Waals surface area contributed by atoms with Crippen LogP contribution in [-0.4, -0.2) is 0 Å². The Balaban J connectivity index is 2.52. The highest BCUT2D eigenvalue weighted by molar-refractivity contribution is 9.09. The first kappa shape index (κ1) is 14.5. The summed E-state index contributed by atoms with van der Waals surface area (Å²) in [6.45, 7) is 3.54. The van der Waals surface area contributed by atoms with E-state index in [1.54, 1.807) is 19.1 Å². The Bertz CT molecular complexity index is 626. The van der Waals surface area contributed by atoms with Crippen molar-refractivity contribution in [1.29, 1.82) is 0 Å². The average molecular weight is 346 g/mol. The third-order valence-corrected chi connectivity index (χ3v) is 4.29. The molecule has 0 fully saturated rings. The van der Waals surface area contributed by atoms with Gasteiger partial charge in [0.25, 0.3) is 0 Å². The van der Waals surface area contributed by atoms with Gasteiger partial charge in [0.1, 0.15) is 11.6 Å². The second-order valence-corrected chi connectivity index (χ2v) is 5.84. The summed E-state index contributed by atoms with van der Waals surface area (Å²) in [5, 5.41) is 0.587. The summed E-state index contributed by atoms with van der Waals surface area (Å²) in [5.74, 6) is -1.10. The summed E-state index contributed by atoms with van der Waals surface area (Å²) in [5.41, 5.74) is 2.69. The molecule has 100 valence electrons. The van der Waals surface area contributed by atoms with E-state index in [0.29, 0.717) is 16.1 Å². The van der Waals surface area contributed by atoms with E-state index in [2.05, 4.69) is 15.9 Å². The zero-order valence-corrected chi connectivity index (χ0v) is 12.8. The van der Waals surface area contributed by atoms with Gasteiger partial charge in [0.05, 0.1) is 4.83 Å². The van der Waals surface area contributed by atoms with Crippen LogP contribution in [0, 0.1) is 25.5 Å². The third-order valence-electron chi connectivity index (χ3n) is 3.07. The van der Waals surface area contributed by atoms with Gasteiger partial charge >= 0.3 is 0 Å². The molecule has 0 N–H and O–H groups in total. The lowest BCUT2D eigenvalue weighted by atomic mass is 9.98. The molecule has 4 heteroatoms. The molecule has 2 aromatic carbocycles. The van der Waals surface area contributed by atoms with Crippen LogP contribution in [0.5, 0.6) is 0 Å². The van der Waals surface area contributed by atoms with Crippen molar-refractivity contribution in [2.24, 2.45) is 0 Å². The van der Waals surface area contributed by atoms with Gasteiger partial charge in [-0.2, -0.15) is 0 Å². The quantitative estimate of drug-likeness (QED) is 0.611. The van der Waals surface area contributed by atoms with E-state index in [-0.39, 0.29) is 4.83 Å². The number of hydrogen-bond acceptors (Lipinski definition) is 0. The van der Waals surface area contributed by atoms with Gasteiger partial charge in [0.2, 0.25) is 0 Å². The normalized spacial score (nSPS) is 12.5. The van der Waals surface area contributed by atoms with Gasteiger partial charge in [-0.1, -0.05) is 33.6 Å². The van der Waals surface area contributed by atoms with Gasteiger partial charge in [-0.25, -0.2) is 8.78 Å². The molecule has 1 unspecified atom stereocenters. The molecule has 2 rings (SSSR count). The van der Waals surface area contributed by atoms with Crippen molar-refractivity contribution in [2.45, 2.75) is 18.7 Å². The fraction of sp³-hybridized carbons (Fsp3) is 0.200. The molecule has 0 aliphatic rings. The lowest BCUT2D eigenvalue weighted by Crippen LogP contribution is -2.01. The third kappa shape index (κ3) is 2.98. The molecule has 0 amide bonds. The number of alkyl halides is 1. The zero-order valence-electron chi connectivity index (χ0n) is 10.5. The summed E-state index contributed by atoms with van der Waals surface area (Å²) in [7, 11) is 0. The Morgan fingerprint density at radius 3 is 2.32 bits per heavy atom. The highest BCUT2D eigenvalue weighted by Gasteiger charge is 2.18. The average Bonchev–Trinajstić information content (AvgIpc) is 2.36. The van der Waals surface area contributed by atoms with Crippen LogP contribution in [0.4, 0.5) is 8.78 Å². The number of halogens is 4. The predicted molar refractivity (Wildman–Crippen MR) is 78.1 cm³/mol. The van der Waals surface area contributed by atoms with E-state index in [1.807, 2.05) is 13.0 Å². The van der Waals surface area contributed by atoms with Crippen molar-refractivity contribution >= 4 is 27.5 Å². The topological polar surface area (TPSA) is 0 Å². The van der Waals surface area contributed by atoms with E-state index in [9.17, 15) is 8.78 Å². The Morgan fingerprint density at radius 2 is 1.63 bits per heavy atom. The Kier molecular flexibility index (Phi) is 4.26. The first-order chi connectivity index (χ1) is 8.90. The van der Waals surface area contributed by atoms with Gasteiger partial charge in [-0.05, 0) is 48.7 Å². The van der Waals surface area contributed by atoms with E-state index in [0.717, 1.165) is 17.2 Å². The minimum absolute atomic E-state index is 0.356. The number of hydrogen-bond donors (Lipinski definition) is 0. The van der Waals surface area contributed by atoms with Crippen LogP contribution in [-0.2, 0) is 0 Å². The minimum Gasteiger partial charge on any atom is -0.207 e. The fourth-order valence-electron chi connectivity index (χ4n) is 1.93. The number of aryl methyl sites for hydroxylation is 2. The van der Waals surface area contributed by atoms with Crippen molar-refractivity contribution < 1.29 is 8.78 Å². The van der Waals surface area contributed by atoms with Crippen molar-refractivity contribution in [3.63, 3.8) is 0 Å². The monoisotopic (exact) mass is 344 g/mol. The molecule has 0 saturated carbocycles.